The van der Waals surface area contributed by atoms with Gasteiger partial charge in [-0.2, -0.15) is 23.5 Å². The Morgan fingerprint density at radius 3 is 0.500 bits per heavy atom. The summed E-state index contributed by atoms with van der Waals surface area (Å²) in [6.45, 7) is 0. The first-order valence-corrected chi connectivity index (χ1v) is 6.57. The monoisotopic (exact) mass is 707 g/mol. The van der Waals surface area contributed by atoms with Crippen LogP contribution in [0.25, 0.3) is 0 Å². The van der Waals surface area contributed by atoms with E-state index in [1.807, 2.05) is 0 Å². The van der Waals surface area contributed by atoms with E-state index in [-0.39, 0.29) is 110 Å². The van der Waals surface area contributed by atoms with Crippen molar-refractivity contribution in [1.82, 2.24) is 0 Å². The van der Waals surface area contributed by atoms with Gasteiger partial charge >= 0.3 is 110 Å². The molecule has 0 aromatic heterocycles. The van der Waals surface area contributed by atoms with Crippen LogP contribution >= 0.6 is 23.5 Å². The molecule has 0 saturated heterocycles. The molecule has 0 spiro atoms. The number of phosphoric acid groups is 3. The summed E-state index contributed by atoms with van der Waals surface area (Å²) in [6, 6.07) is 0. The van der Waals surface area contributed by atoms with Crippen molar-refractivity contribution in [2.24, 2.45) is 0 Å². The van der Waals surface area contributed by atoms with E-state index in [2.05, 4.69) is 0 Å². The fraction of sp³-hybridized carbons (Fsp3) is 0. The molecule has 0 N–H and O–H groups in total. The van der Waals surface area contributed by atoms with Gasteiger partial charge in [-0.1, -0.05) is 0 Å². The standard InChI is InChI=1S/Gd.Lu.3H3O4P.Y/c;;3*1-5(2,3)4;/h;;3*(H3,1,2,3,4);/q2*+3;;;;+3/p-9. The van der Waals surface area contributed by atoms with Crippen LogP contribution in [0, 0.1) is 76.8 Å². The summed E-state index contributed by atoms with van der Waals surface area (Å²) in [5.41, 5.74) is 0. The summed E-state index contributed by atoms with van der Waals surface area (Å²) in [6.07, 6.45) is 0. The van der Waals surface area contributed by atoms with Gasteiger partial charge < -0.3 is 57.7 Å². The molecule has 0 amide bonds. The Morgan fingerprint density at radius 1 is 0.500 bits per heavy atom. The molecule has 18 heavy (non-hydrogen) atoms. The molecule has 0 heterocycles. The van der Waals surface area contributed by atoms with E-state index in [0.717, 1.165) is 0 Å². The van der Waals surface area contributed by atoms with Crippen molar-refractivity contribution in [3.8, 4) is 0 Å². The van der Waals surface area contributed by atoms with E-state index in [1.165, 1.54) is 0 Å². The van der Waals surface area contributed by atoms with E-state index in [0.29, 0.717) is 0 Å². The molecular weight excluding hydrogens is 706 g/mol. The second-order valence-electron chi connectivity index (χ2n) is 1.34. The van der Waals surface area contributed by atoms with Crippen LogP contribution in [0.5, 0.6) is 0 Å². The zero-order valence-corrected chi connectivity index (χ0v) is 16.9. The van der Waals surface area contributed by atoms with Gasteiger partial charge in [0.25, 0.3) is 0 Å². The maximum Gasteiger partial charge on any atom is 3.00 e. The molecule has 0 aliphatic carbocycles. The summed E-state index contributed by atoms with van der Waals surface area (Å²) in [4.78, 5) is 76.9. The minimum Gasteiger partial charge on any atom is -0.822 e. The van der Waals surface area contributed by atoms with Gasteiger partial charge in [-0.15, -0.1) is 0 Å². The molecule has 0 aromatic rings. The molecule has 0 atom stereocenters. The molecule has 0 aromatic carbocycles. The first kappa shape index (κ1) is 37.9. The van der Waals surface area contributed by atoms with Crippen molar-refractivity contribution in [2.45, 2.75) is 0 Å². The molecular formula is GdLuO12P3Y. The SMILES string of the molecule is O=P([O-])([O-])[O-].O=P([O-])([O-])[O-].O=P([O-])([O-])[O-].[Gd+3].[Lu+3].[Y+3]. The van der Waals surface area contributed by atoms with Gasteiger partial charge in [0.2, 0.25) is 0 Å². The van der Waals surface area contributed by atoms with Crippen molar-refractivity contribution in [3.63, 3.8) is 0 Å². The van der Waals surface area contributed by atoms with E-state index in [4.69, 9.17) is 57.7 Å². The van der Waals surface area contributed by atoms with Crippen LogP contribution < -0.4 is 44.0 Å². The summed E-state index contributed by atoms with van der Waals surface area (Å²) in [5.74, 6) is 0. The molecule has 12 nitrogen and oxygen atoms in total. The molecule has 0 aliphatic rings. The Hall–Kier alpha value is 3.99. The van der Waals surface area contributed by atoms with Crippen molar-refractivity contribution >= 4 is 23.5 Å². The molecule has 0 saturated carbocycles. The molecule has 0 unspecified atom stereocenters. The molecule has 0 aliphatic heterocycles. The van der Waals surface area contributed by atoms with Crippen LogP contribution in [-0.2, 0) is 46.4 Å². The van der Waals surface area contributed by atoms with Gasteiger partial charge in [-0.25, -0.2) is 0 Å². The Balaban J connectivity index is -0.0000000277. The zero-order chi connectivity index (χ0) is 13.5. The molecule has 0 fully saturated rings. The quantitative estimate of drug-likeness (QED) is 0.213. The maximum atomic E-state index is 8.55. The Bertz CT molecular complexity index is 213. The van der Waals surface area contributed by atoms with Crippen LogP contribution in [0.15, 0.2) is 0 Å². The summed E-state index contributed by atoms with van der Waals surface area (Å²) in [5, 5.41) is 0. The number of hydrogen-bond donors (Lipinski definition) is 0. The van der Waals surface area contributed by atoms with E-state index in [9.17, 15) is 0 Å². The van der Waals surface area contributed by atoms with Crippen molar-refractivity contribution in [1.29, 1.82) is 0 Å². The second-order valence-corrected chi connectivity index (χ2v) is 4.02. The van der Waals surface area contributed by atoms with Gasteiger partial charge in [-0.05, 0) is 0 Å². The van der Waals surface area contributed by atoms with Crippen LogP contribution in [0.4, 0.5) is 0 Å². The summed E-state index contributed by atoms with van der Waals surface area (Å²) in [7, 11) is -16.2. The Kier molecular flexibility index (Phi) is 36.5. The van der Waals surface area contributed by atoms with Crippen molar-refractivity contribution in [3.05, 3.63) is 0 Å². The number of hydrogen-bond acceptors (Lipinski definition) is 12. The van der Waals surface area contributed by atoms with E-state index >= 15 is 0 Å². The molecule has 0 bridgehead atoms. The second kappa shape index (κ2) is 17.3. The summed E-state index contributed by atoms with van der Waals surface area (Å²) < 4.78 is 25.6. The zero-order valence-electron chi connectivity index (χ0n) is 7.43. The largest absolute Gasteiger partial charge is 3.00 e. The smallest absolute Gasteiger partial charge is 0.822 e. The van der Waals surface area contributed by atoms with Crippen LogP contribution in [0.3, 0.4) is 0 Å². The van der Waals surface area contributed by atoms with Gasteiger partial charge in [0.05, 0.1) is 0 Å². The third-order valence-electron chi connectivity index (χ3n) is 0. The van der Waals surface area contributed by atoms with Gasteiger partial charge in [0, 0.05) is 0 Å². The van der Waals surface area contributed by atoms with E-state index < -0.39 is 23.5 Å². The molecule has 18 heteroatoms. The van der Waals surface area contributed by atoms with Crippen LogP contribution in [-0.4, -0.2) is 0 Å². The van der Waals surface area contributed by atoms with Crippen LogP contribution in [0.2, 0.25) is 0 Å². The van der Waals surface area contributed by atoms with Crippen molar-refractivity contribution in [2.75, 3.05) is 0 Å². The Morgan fingerprint density at radius 2 is 0.500 bits per heavy atom. The normalized spacial score (nSPS) is 9.83. The van der Waals surface area contributed by atoms with Gasteiger partial charge in [0.15, 0.2) is 0 Å². The third kappa shape index (κ3) is 452. The third-order valence-corrected chi connectivity index (χ3v) is 0. The number of rotatable bonds is 0. The predicted molar refractivity (Wildman–Crippen MR) is 22.8 cm³/mol. The van der Waals surface area contributed by atoms with Gasteiger partial charge in [-0.3, -0.25) is 0 Å². The topological polar surface area (TPSA) is 259 Å². The fourth-order valence-electron chi connectivity index (χ4n) is 0. The molecule has 113 valence electrons. The fourth-order valence-corrected chi connectivity index (χ4v) is 0. The first-order chi connectivity index (χ1) is 6.00. The van der Waals surface area contributed by atoms with Crippen LogP contribution in [0.1, 0.15) is 0 Å². The van der Waals surface area contributed by atoms with Gasteiger partial charge in [0.1, 0.15) is 0 Å². The van der Waals surface area contributed by atoms with E-state index in [1.54, 1.807) is 0 Å². The first-order valence-electron chi connectivity index (χ1n) is 2.19. The Labute approximate surface area is 187 Å². The average molecular weight is 706 g/mol. The van der Waals surface area contributed by atoms with Crippen molar-refractivity contribution < 1.29 is 167 Å². The summed E-state index contributed by atoms with van der Waals surface area (Å²) >= 11 is 0. The minimum atomic E-state index is -5.39. The minimum absolute atomic E-state index is 0. The molecule has 0 rings (SSSR count). The predicted octanol–water partition coefficient (Wildman–Crippen LogP) is -8.48. The maximum absolute atomic E-state index is 8.55. The average Bonchev–Trinajstić information content (AvgIpc) is 1.41. The molecule has 1 radical (unpaired) electrons.